The van der Waals surface area contributed by atoms with Crippen LogP contribution in [0.1, 0.15) is 24.2 Å². The monoisotopic (exact) mass is 279 g/mol. The Morgan fingerprint density at radius 1 is 1.15 bits per heavy atom. The molecule has 0 aliphatic carbocycles. The highest BCUT2D eigenvalue weighted by Crippen LogP contribution is 2.11. The molecule has 0 bridgehead atoms. The van der Waals surface area contributed by atoms with Crippen LogP contribution in [0.15, 0.2) is 24.3 Å². The number of hydrogen-bond acceptors (Lipinski definition) is 5. The number of Topliss-reactive ketones (excluding diaryl/α,β-unsaturated/α-hetero) is 1. The minimum atomic E-state index is -0.653. The summed E-state index contributed by atoms with van der Waals surface area (Å²) < 4.78 is 9.87. The molecule has 0 aromatic heterocycles. The fraction of sp³-hybridized carbons (Fsp3) is 0.357. The maximum absolute atomic E-state index is 11.7. The first-order valence-electron chi connectivity index (χ1n) is 6.19. The predicted molar refractivity (Wildman–Crippen MR) is 71.6 cm³/mol. The van der Waals surface area contributed by atoms with Crippen LogP contribution in [0, 0.1) is 0 Å². The van der Waals surface area contributed by atoms with Crippen molar-refractivity contribution >= 4 is 17.7 Å². The fourth-order valence-corrected chi connectivity index (χ4v) is 1.36. The number of nitrogens with one attached hydrogen (secondary N) is 1. The van der Waals surface area contributed by atoms with Crippen molar-refractivity contribution in [3.05, 3.63) is 29.8 Å². The number of ketones is 1. The number of carbonyl (C=O) groups excluding carboxylic acids is 3. The summed E-state index contributed by atoms with van der Waals surface area (Å²) in [6.07, 6.45) is 0. The first kappa shape index (κ1) is 15.7. The van der Waals surface area contributed by atoms with E-state index in [0.717, 1.165) is 0 Å². The summed E-state index contributed by atoms with van der Waals surface area (Å²) in [5, 5.41) is 2.41. The summed E-state index contributed by atoms with van der Waals surface area (Å²) in [6.45, 7) is 3.17. The summed E-state index contributed by atoms with van der Waals surface area (Å²) in [6, 6.07) is 6.54. The molecule has 0 radical (unpaired) electrons. The zero-order chi connectivity index (χ0) is 15.0. The number of hydrogen-bond donors (Lipinski definition) is 1. The lowest BCUT2D eigenvalue weighted by molar-refractivity contribution is -0.146. The van der Waals surface area contributed by atoms with Crippen molar-refractivity contribution in [3.8, 4) is 5.75 Å². The van der Waals surface area contributed by atoms with E-state index in [4.69, 9.17) is 4.74 Å². The van der Waals surface area contributed by atoms with E-state index in [0.29, 0.717) is 17.9 Å². The Kier molecular flexibility index (Phi) is 6.22. The average molecular weight is 279 g/mol. The molecule has 1 aromatic carbocycles. The second-order valence-electron chi connectivity index (χ2n) is 4.00. The van der Waals surface area contributed by atoms with Crippen LogP contribution in [0.25, 0.3) is 0 Å². The number of benzene rings is 1. The zero-order valence-electron chi connectivity index (χ0n) is 11.5. The van der Waals surface area contributed by atoms with Crippen molar-refractivity contribution < 1.29 is 23.9 Å². The molecule has 6 nitrogen and oxygen atoms in total. The smallest absolute Gasteiger partial charge is 0.325 e. The van der Waals surface area contributed by atoms with Gasteiger partial charge in [-0.25, -0.2) is 0 Å². The molecule has 0 unspecified atom stereocenters. The van der Waals surface area contributed by atoms with E-state index >= 15 is 0 Å². The van der Waals surface area contributed by atoms with Gasteiger partial charge >= 0.3 is 5.97 Å². The first-order valence-corrected chi connectivity index (χ1v) is 6.19. The quantitative estimate of drug-likeness (QED) is 0.751. The van der Waals surface area contributed by atoms with Crippen LogP contribution in [0.3, 0.4) is 0 Å². The van der Waals surface area contributed by atoms with E-state index in [1.165, 1.54) is 6.92 Å². The van der Waals surface area contributed by atoms with E-state index in [2.05, 4.69) is 10.1 Å². The van der Waals surface area contributed by atoms with Crippen LogP contribution in [0.5, 0.6) is 5.75 Å². The molecule has 1 amide bonds. The third-order valence-corrected chi connectivity index (χ3v) is 2.26. The van der Waals surface area contributed by atoms with Crippen LogP contribution < -0.4 is 10.1 Å². The highest BCUT2D eigenvalue weighted by molar-refractivity contribution is 5.96. The van der Waals surface area contributed by atoms with E-state index < -0.39 is 11.9 Å². The second kappa shape index (κ2) is 7.93. The molecule has 0 spiro atoms. The minimum Gasteiger partial charge on any atom is -0.494 e. The summed E-state index contributed by atoms with van der Waals surface area (Å²) in [5.41, 5.74) is 0.410. The maximum Gasteiger partial charge on any atom is 0.325 e. The molecule has 0 atom stereocenters. The van der Waals surface area contributed by atoms with Crippen LogP contribution in [0.4, 0.5) is 0 Å². The van der Waals surface area contributed by atoms with Crippen molar-refractivity contribution in [2.24, 2.45) is 0 Å². The number of ether oxygens (including phenoxy) is 2. The SMILES string of the molecule is CCOc1ccc(C(=O)NCC(=O)OCC(C)=O)cc1. The van der Waals surface area contributed by atoms with Crippen molar-refractivity contribution in [2.45, 2.75) is 13.8 Å². The van der Waals surface area contributed by atoms with Gasteiger partial charge in [-0.05, 0) is 38.1 Å². The van der Waals surface area contributed by atoms with Crippen LogP contribution in [0.2, 0.25) is 0 Å². The van der Waals surface area contributed by atoms with Gasteiger partial charge in [0.2, 0.25) is 0 Å². The molecule has 108 valence electrons. The van der Waals surface area contributed by atoms with E-state index in [1.54, 1.807) is 24.3 Å². The Balaban J connectivity index is 2.42. The standard InChI is InChI=1S/C14H17NO5/c1-3-19-12-6-4-11(5-7-12)14(18)15-8-13(17)20-9-10(2)16/h4-7H,3,8-9H2,1-2H3,(H,15,18). The molecular formula is C14H17NO5. The Hall–Kier alpha value is -2.37. The molecule has 0 aliphatic heterocycles. The summed E-state index contributed by atoms with van der Waals surface area (Å²) in [7, 11) is 0. The topological polar surface area (TPSA) is 81.7 Å². The van der Waals surface area contributed by atoms with Gasteiger partial charge in [-0.3, -0.25) is 14.4 Å². The molecule has 6 heteroatoms. The number of esters is 1. The van der Waals surface area contributed by atoms with E-state index in [9.17, 15) is 14.4 Å². The van der Waals surface area contributed by atoms with Crippen molar-refractivity contribution in [3.63, 3.8) is 0 Å². The highest BCUT2D eigenvalue weighted by Gasteiger charge is 2.09. The summed E-state index contributed by atoms with van der Waals surface area (Å²) in [4.78, 5) is 33.6. The lowest BCUT2D eigenvalue weighted by Crippen LogP contribution is -2.31. The van der Waals surface area contributed by atoms with E-state index in [1.807, 2.05) is 6.92 Å². The normalized spacial score (nSPS) is 9.70. The van der Waals surface area contributed by atoms with Gasteiger partial charge in [0, 0.05) is 5.56 Å². The largest absolute Gasteiger partial charge is 0.494 e. The third kappa shape index (κ3) is 5.51. The zero-order valence-corrected chi connectivity index (χ0v) is 11.5. The average Bonchev–Trinajstić information content (AvgIpc) is 2.43. The van der Waals surface area contributed by atoms with Crippen LogP contribution in [-0.4, -0.2) is 37.4 Å². The molecule has 1 N–H and O–H groups in total. The Morgan fingerprint density at radius 3 is 2.35 bits per heavy atom. The lowest BCUT2D eigenvalue weighted by Gasteiger charge is -2.06. The Bertz CT molecular complexity index is 481. The molecule has 20 heavy (non-hydrogen) atoms. The minimum absolute atomic E-state index is 0.254. The lowest BCUT2D eigenvalue weighted by atomic mass is 10.2. The van der Waals surface area contributed by atoms with Crippen molar-refractivity contribution in [1.29, 1.82) is 0 Å². The van der Waals surface area contributed by atoms with E-state index in [-0.39, 0.29) is 18.9 Å². The molecule has 0 aliphatic rings. The highest BCUT2D eigenvalue weighted by atomic mass is 16.5. The Labute approximate surface area is 117 Å². The second-order valence-corrected chi connectivity index (χ2v) is 4.00. The number of rotatable bonds is 7. The number of amides is 1. The molecule has 0 saturated carbocycles. The molecule has 0 saturated heterocycles. The maximum atomic E-state index is 11.7. The van der Waals surface area contributed by atoms with Crippen LogP contribution >= 0.6 is 0 Å². The molecule has 1 rings (SSSR count). The van der Waals surface area contributed by atoms with Crippen molar-refractivity contribution in [2.75, 3.05) is 19.8 Å². The fourth-order valence-electron chi connectivity index (χ4n) is 1.36. The van der Waals surface area contributed by atoms with Gasteiger partial charge in [-0.2, -0.15) is 0 Å². The number of carbonyl (C=O) groups is 3. The van der Waals surface area contributed by atoms with Gasteiger partial charge < -0.3 is 14.8 Å². The Morgan fingerprint density at radius 2 is 1.80 bits per heavy atom. The van der Waals surface area contributed by atoms with Gasteiger partial charge in [0.1, 0.15) is 18.9 Å². The van der Waals surface area contributed by atoms with Crippen LogP contribution in [-0.2, 0) is 14.3 Å². The molecular weight excluding hydrogens is 262 g/mol. The molecule has 0 heterocycles. The van der Waals surface area contributed by atoms with Gasteiger partial charge in [0.15, 0.2) is 5.78 Å². The molecule has 1 aromatic rings. The van der Waals surface area contributed by atoms with Crippen molar-refractivity contribution in [1.82, 2.24) is 5.32 Å². The molecule has 0 fully saturated rings. The van der Waals surface area contributed by atoms with Gasteiger partial charge in [-0.1, -0.05) is 0 Å². The predicted octanol–water partition coefficient (Wildman–Crippen LogP) is 0.947. The van der Waals surface area contributed by atoms with Gasteiger partial charge in [0.25, 0.3) is 5.91 Å². The summed E-state index contributed by atoms with van der Waals surface area (Å²) >= 11 is 0. The summed E-state index contributed by atoms with van der Waals surface area (Å²) in [5.74, 6) is -0.631. The van der Waals surface area contributed by atoms with Gasteiger partial charge in [-0.15, -0.1) is 0 Å². The first-order chi connectivity index (χ1) is 9.52. The van der Waals surface area contributed by atoms with Gasteiger partial charge in [0.05, 0.1) is 6.61 Å². The third-order valence-electron chi connectivity index (χ3n) is 2.26.